The Kier molecular flexibility index (Phi) is 2.93. The second-order valence-corrected chi connectivity index (χ2v) is 5.03. The van der Waals surface area contributed by atoms with Crippen molar-refractivity contribution in [2.75, 3.05) is 6.61 Å². The summed E-state index contributed by atoms with van der Waals surface area (Å²) in [6, 6.07) is 1.80. The van der Waals surface area contributed by atoms with Crippen LogP contribution in [0.1, 0.15) is 17.0 Å². The molecule has 19 heavy (non-hydrogen) atoms. The number of ether oxygens (including phenoxy) is 1. The predicted molar refractivity (Wildman–Crippen MR) is 64.2 cm³/mol. The molecule has 2 aromatic rings. The lowest BCUT2D eigenvalue weighted by molar-refractivity contribution is -0.137. The van der Waals surface area contributed by atoms with E-state index in [2.05, 4.69) is 9.97 Å². The molecule has 0 saturated carbocycles. The Morgan fingerprint density at radius 3 is 2.89 bits per heavy atom. The highest BCUT2D eigenvalue weighted by Gasteiger charge is 2.34. The summed E-state index contributed by atoms with van der Waals surface area (Å²) in [5, 5.41) is 0.562. The molecule has 2 aromatic heterocycles. The van der Waals surface area contributed by atoms with Gasteiger partial charge in [0.2, 0.25) is 5.88 Å². The zero-order valence-corrected chi connectivity index (χ0v) is 10.5. The van der Waals surface area contributed by atoms with Crippen LogP contribution in [-0.2, 0) is 12.6 Å². The minimum atomic E-state index is -4.40. The minimum Gasteiger partial charge on any atom is -0.477 e. The molecule has 3 heterocycles. The van der Waals surface area contributed by atoms with Gasteiger partial charge >= 0.3 is 6.18 Å². The third-order valence-electron chi connectivity index (χ3n) is 2.80. The molecule has 0 atom stereocenters. The van der Waals surface area contributed by atoms with Crippen molar-refractivity contribution in [1.29, 1.82) is 0 Å². The topological polar surface area (TPSA) is 35.0 Å². The van der Waals surface area contributed by atoms with Crippen LogP contribution in [0.25, 0.3) is 11.3 Å². The Morgan fingerprint density at radius 1 is 1.32 bits per heavy atom. The van der Waals surface area contributed by atoms with Crippen LogP contribution in [-0.4, -0.2) is 16.6 Å². The normalized spacial score (nSPS) is 14.9. The molecule has 7 heteroatoms. The van der Waals surface area contributed by atoms with Crippen molar-refractivity contribution < 1.29 is 17.9 Å². The van der Waals surface area contributed by atoms with E-state index in [0.717, 1.165) is 18.4 Å². The first kappa shape index (κ1) is 12.4. The van der Waals surface area contributed by atoms with Gasteiger partial charge in [0.15, 0.2) is 5.01 Å². The number of fused-ring (bicyclic) bond motifs is 1. The van der Waals surface area contributed by atoms with Gasteiger partial charge in [-0.3, -0.25) is 0 Å². The van der Waals surface area contributed by atoms with Crippen molar-refractivity contribution in [3.63, 3.8) is 0 Å². The lowest BCUT2D eigenvalue weighted by Crippen LogP contribution is -2.09. The molecule has 3 nitrogen and oxygen atoms in total. The van der Waals surface area contributed by atoms with Gasteiger partial charge in [-0.1, -0.05) is 0 Å². The molecule has 0 saturated heterocycles. The average Bonchev–Trinajstić information content (AvgIpc) is 2.87. The van der Waals surface area contributed by atoms with E-state index in [0.29, 0.717) is 35.1 Å². The maximum Gasteiger partial charge on any atom is 0.443 e. The number of halogens is 3. The Balaban J connectivity index is 1.96. The molecule has 0 N–H and O–H groups in total. The fourth-order valence-electron chi connectivity index (χ4n) is 1.91. The van der Waals surface area contributed by atoms with Gasteiger partial charge in [-0.15, -0.1) is 11.3 Å². The Bertz CT molecular complexity index is 609. The zero-order valence-electron chi connectivity index (χ0n) is 9.70. The first-order chi connectivity index (χ1) is 9.04. The summed E-state index contributed by atoms with van der Waals surface area (Å²) in [7, 11) is 0. The maximum absolute atomic E-state index is 12.5. The van der Waals surface area contributed by atoms with E-state index in [9.17, 15) is 13.2 Å². The van der Waals surface area contributed by atoms with Crippen LogP contribution in [0.4, 0.5) is 13.2 Å². The number of pyridine rings is 1. The molecule has 100 valence electrons. The van der Waals surface area contributed by atoms with E-state index >= 15 is 0 Å². The number of aryl methyl sites for hydroxylation is 1. The van der Waals surface area contributed by atoms with Gasteiger partial charge in [-0.2, -0.15) is 13.2 Å². The highest BCUT2D eigenvalue weighted by molar-refractivity contribution is 7.10. The summed E-state index contributed by atoms with van der Waals surface area (Å²) in [6.45, 7) is 0.633. The largest absolute Gasteiger partial charge is 0.477 e. The summed E-state index contributed by atoms with van der Waals surface area (Å²) >= 11 is 0.594. The Labute approximate surface area is 111 Å². The first-order valence-corrected chi connectivity index (χ1v) is 6.57. The van der Waals surface area contributed by atoms with Crippen LogP contribution >= 0.6 is 11.3 Å². The van der Waals surface area contributed by atoms with Crippen LogP contribution in [0.15, 0.2) is 17.6 Å². The predicted octanol–water partition coefficient (Wildman–Crippen LogP) is 3.55. The number of nitrogens with zero attached hydrogens (tertiary/aromatic N) is 2. The number of rotatable bonds is 1. The molecule has 0 amide bonds. The van der Waals surface area contributed by atoms with Crippen molar-refractivity contribution >= 4 is 11.3 Å². The maximum atomic E-state index is 12.5. The zero-order chi connectivity index (χ0) is 13.5. The van der Waals surface area contributed by atoms with Gasteiger partial charge < -0.3 is 4.74 Å². The van der Waals surface area contributed by atoms with Gasteiger partial charge in [-0.25, -0.2) is 9.97 Å². The fraction of sp³-hybridized carbons (Fsp3) is 0.333. The average molecular weight is 286 g/mol. The van der Waals surface area contributed by atoms with E-state index in [-0.39, 0.29) is 0 Å². The van der Waals surface area contributed by atoms with E-state index in [1.807, 2.05) is 0 Å². The number of hydrogen-bond donors (Lipinski definition) is 0. The first-order valence-electron chi connectivity index (χ1n) is 5.69. The molecule has 1 aliphatic heterocycles. The molecule has 0 bridgehead atoms. The van der Waals surface area contributed by atoms with Crippen LogP contribution < -0.4 is 4.74 Å². The van der Waals surface area contributed by atoms with Gasteiger partial charge in [0.05, 0.1) is 12.3 Å². The number of aromatic nitrogens is 2. The fourth-order valence-corrected chi connectivity index (χ4v) is 2.61. The van der Waals surface area contributed by atoms with Gasteiger partial charge in [0.25, 0.3) is 0 Å². The van der Waals surface area contributed by atoms with Crippen LogP contribution in [0, 0.1) is 0 Å². The summed E-state index contributed by atoms with van der Waals surface area (Å²) in [6.07, 6.45) is -1.18. The van der Waals surface area contributed by atoms with E-state index < -0.39 is 11.2 Å². The Morgan fingerprint density at radius 2 is 2.16 bits per heavy atom. The van der Waals surface area contributed by atoms with Crippen LogP contribution in [0.3, 0.4) is 0 Å². The van der Waals surface area contributed by atoms with Crippen molar-refractivity contribution in [1.82, 2.24) is 9.97 Å². The lowest BCUT2D eigenvalue weighted by atomic mass is 10.1. The third kappa shape index (κ3) is 2.42. The summed E-state index contributed by atoms with van der Waals surface area (Å²) in [4.78, 5) is 7.74. The number of alkyl halides is 3. The quantitative estimate of drug-likeness (QED) is 0.804. The minimum absolute atomic E-state index is 0.304. The van der Waals surface area contributed by atoms with Gasteiger partial charge in [-0.05, 0) is 18.9 Å². The molecule has 0 aromatic carbocycles. The summed E-state index contributed by atoms with van der Waals surface area (Å²) in [5.41, 5.74) is 1.82. The summed E-state index contributed by atoms with van der Waals surface area (Å²) in [5.74, 6) is 0.571. The number of hydrogen-bond acceptors (Lipinski definition) is 4. The molecule has 0 radical (unpaired) electrons. The third-order valence-corrected chi connectivity index (χ3v) is 3.68. The smallest absolute Gasteiger partial charge is 0.443 e. The highest BCUT2D eigenvalue weighted by atomic mass is 32.1. The molecular formula is C12H9F3N2OS. The van der Waals surface area contributed by atoms with E-state index in [1.165, 1.54) is 11.6 Å². The highest BCUT2D eigenvalue weighted by Crippen LogP contribution is 2.35. The molecule has 0 spiro atoms. The molecule has 0 aliphatic carbocycles. The monoisotopic (exact) mass is 286 g/mol. The van der Waals surface area contributed by atoms with Crippen molar-refractivity contribution in [2.45, 2.75) is 19.0 Å². The molecule has 0 unspecified atom stereocenters. The van der Waals surface area contributed by atoms with Crippen molar-refractivity contribution in [2.24, 2.45) is 0 Å². The van der Waals surface area contributed by atoms with Gasteiger partial charge in [0.1, 0.15) is 0 Å². The van der Waals surface area contributed by atoms with Crippen LogP contribution in [0.5, 0.6) is 5.88 Å². The molecule has 3 rings (SSSR count). The van der Waals surface area contributed by atoms with Crippen molar-refractivity contribution in [3.05, 3.63) is 28.2 Å². The SMILES string of the molecule is FC(F)(F)c1nc(-c2cnc3c(c2)CCCO3)cs1. The lowest BCUT2D eigenvalue weighted by Gasteiger charge is -2.16. The second kappa shape index (κ2) is 4.48. The van der Waals surface area contributed by atoms with Gasteiger partial charge in [0, 0.05) is 22.7 Å². The summed E-state index contributed by atoms with van der Waals surface area (Å²) < 4.78 is 42.9. The van der Waals surface area contributed by atoms with Crippen LogP contribution in [0.2, 0.25) is 0 Å². The van der Waals surface area contributed by atoms with Crippen molar-refractivity contribution in [3.8, 4) is 17.1 Å². The van der Waals surface area contributed by atoms with E-state index in [4.69, 9.17) is 4.74 Å². The Hall–Kier alpha value is -1.63. The molecule has 1 aliphatic rings. The number of thiazole rings is 1. The second-order valence-electron chi connectivity index (χ2n) is 4.18. The van der Waals surface area contributed by atoms with E-state index in [1.54, 1.807) is 6.07 Å². The molecular weight excluding hydrogens is 277 g/mol. The molecule has 0 fully saturated rings. The standard InChI is InChI=1S/C12H9F3N2OS/c13-12(14,15)11-17-9(6-19-11)8-4-7-2-1-3-18-10(7)16-5-8/h4-6H,1-3H2.